The van der Waals surface area contributed by atoms with Crippen LogP contribution in [0.5, 0.6) is 0 Å². The molecule has 0 spiro atoms. The Hall–Kier alpha value is -0.160. The van der Waals surface area contributed by atoms with Gasteiger partial charge in [0.2, 0.25) is 0 Å². The van der Waals surface area contributed by atoms with Gasteiger partial charge >= 0.3 is 0 Å². The summed E-state index contributed by atoms with van der Waals surface area (Å²) in [6, 6.07) is 0. The Balaban J connectivity index is 2.61. The minimum absolute atomic E-state index is 0.0290. The zero-order chi connectivity index (χ0) is 9.14. The molecule has 4 heteroatoms. The lowest BCUT2D eigenvalue weighted by Crippen LogP contribution is -2.27. The third kappa shape index (κ3) is 1.61. The molecule has 1 aliphatic carbocycles. The molecule has 0 aromatic heterocycles. The Morgan fingerprint density at radius 1 is 0.917 bits per heavy atom. The Labute approximate surface area is 71.5 Å². The second-order valence-corrected chi connectivity index (χ2v) is 3.44. The van der Waals surface area contributed by atoms with Gasteiger partial charge in [-0.05, 0) is 18.3 Å². The zero-order valence-corrected chi connectivity index (χ0v) is 6.93. The largest absolute Gasteiger partial charge is 0.396 e. The van der Waals surface area contributed by atoms with E-state index in [0.717, 1.165) is 0 Å². The summed E-state index contributed by atoms with van der Waals surface area (Å²) in [4.78, 5) is 0. The van der Waals surface area contributed by atoms with Crippen LogP contribution >= 0.6 is 0 Å². The van der Waals surface area contributed by atoms with E-state index in [4.69, 9.17) is 15.3 Å². The summed E-state index contributed by atoms with van der Waals surface area (Å²) in [7, 11) is 0. The van der Waals surface area contributed by atoms with Crippen LogP contribution in [-0.2, 0) is 0 Å². The molecule has 0 saturated heterocycles. The molecule has 1 aliphatic rings. The quantitative estimate of drug-likeness (QED) is 0.425. The highest BCUT2D eigenvalue weighted by molar-refractivity contribution is 4.89. The van der Waals surface area contributed by atoms with Gasteiger partial charge in [-0.15, -0.1) is 0 Å². The third-order valence-electron chi connectivity index (χ3n) is 2.85. The molecule has 72 valence electrons. The van der Waals surface area contributed by atoms with Crippen LogP contribution in [0.1, 0.15) is 6.42 Å². The van der Waals surface area contributed by atoms with Crippen molar-refractivity contribution in [1.82, 2.24) is 0 Å². The van der Waals surface area contributed by atoms with Gasteiger partial charge in [-0.1, -0.05) is 0 Å². The predicted molar refractivity (Wildman–Crippen MR) is 42.4 cm³/mol. The summed E-state index contributed by atoms with van der Waals surface area (Å²) in [5.74, 6) is -0.496. The molecule has 4 nitrogen and oxygen atoms in total. The van der Waals surface area contributed by atoms with Crippen molar-refractivity contribution in [2.75, 3.05) is 19.8 Å². The van der Waals surface area contributed by atoms with E-state index in [9.17, 15) is 5.11 Å². The minimum Gasteiger partial charge on any atom is -0.396 e. The molecular formula is C8H16O4. The van der Waals surface area contributed by atoms with E-state index in [1.807, 2.05) is 0 Å². The molecule has 4 N–H and O–H groups in total. The van der Waals surface area contributed by atoms with Crippen LogP contribution in [0.2, 0.25) is 0 Å². The number of aliphatic hydroxyl groups excluding tert-OH is 4. The highest BCUT2D eigenvalue weighted by Gasteiger charge is 2.41. The Morgan fingerprint density at radius 3 is 1.92 bits per heavy atom. The molecule has 12 heavy (non-hydrogen) atoms. The van der Waals surface area contributed by atoms with E-state index in [1.54, 1.807) is 0 Å². The van der Waals surface area contributed by atoms with Crippen molar-refractivity contribution in [1.29, 1.82) is 0 Å². The molecular weight excluding hydrogens is 160 g/mol. The fourth-order valence-electron chi connectivity index (χ4n) is 2.05. The van der Waals surface area contributed by atoms with E-state index in [2.05, 4.69) is 0 Å². The van der Waals surface area contributed by atoms with Gasteiger partial charge in [0.05, 0.1) is 6.10 Å². The van der Waals surface area contributed by atoms with Crippen LogP contribution in [0, 0.1) is 17.8 Å². The lowest BCUT2D eigenvalue weighted by molar-refractivity contribution is 0.0496. The molecule has 0 aromatic carbocycles. The second kappa shape index (κ2) is 4.18. The van der Waals surface area contributed by atoms with E-state index < -0.39 is 6.10 Å². The van der Waals surface area contributed by atoms with Crippen LogP contribution in [0.3, 0.4) is 0 Å². The maximum atomic E-state index is 9.41. The van der Waals surface area contributed by atoms with Gasteiger partial charge in [0, 0.05) is 25.7 Å². The van der Waals surface area contributed by atoms with Crippen LogP contribution in [0.4, 0.5) is 0 Å². The Bertz CT molecular complexity index is 139. The van der Waals surface area contributed by atoms with Crippen LogP contribution in [0.15, 0.2) is 0 Å². The summed E-state index contributed by atoms with van der Waals surface area (Å²) in [5, 5.41) is 36.2. The number of hydrogen-bond acceptors (Lipinski definition) is 4. The Kier molecular flexibility index (Phi) is 3.46. The molecule has 4 atom stereocenters. The molecule has 0 aromatic rings. The fraction of sp³-hybridized carbons (Fsp3) is 1.00. The summed E-state index contributed by atoms with van der Waals surface area (Å²) in [6.07, 6.45) is -0.100. The second-order valence-electron chi connectivity index (χ2n) is 3.44. The van der Waals surface area contributed by atoms with Crippen molar-refractivity contribution in [3.8, 4) is 0 Å². The van der Waals surface area contributed by atoms with Gasteiger partial charge in [0.15, 0.2) is 0 Å². The summed E-state index contributed by atoms with van der Waals surface area (Å²) < 4.78 is 0. The van der Waals surface area contributed by atoms with Crippen LogP contribution in [0.25, 0.3) is 0 Å². The van der Waals surface area contributed by atoms with E-state index >= 15 is 0 Å². The first kappa shape index (κ1) is 9.92. The van der Waals surface area contributed by atoms with Crippen molar-refractivity contribution in [2.45, 2.75) is 12.5 Å². The Morgan fingerprint density at radius 2 is 1.50 bits per heavy atom. The molecule has 0 amide bonds. The van der Waals surface area contributed by atoms with Gasteiger partial charge < -0.3 is 20.4 Å². The molecule has 1 saturated carbocycles. The van der Waals surface area contributed by atoms with E-state index in [0.29, 0.717) is 6.42 Å². The average molecular weight is 176 g/mol. The average Bonchev–Trinajstić information content (AvgIpc) is 2.40. The van der Waals surface area contributed by atoms with Crippen molar-refractivity contribution < 1.29 is 20.4 Å². The van der Waals surface area contributed by atoms with Crippen molar-refractivity contribution in [3.05, 3.63) is 0 Å². The smallest absolute Gasteiger partial charge is 0.0597 e. The minimum atomic E-state index is -0.579. The van der Waals surface area contributed by atoms with Crippen LogP contribution < -0.4 is 0 Å². The maximum Gasteiger partial charge on any atom is 0.0597 e. The van der Waals surface area contributed by atoms with Crippen molar-refractivity contribution in [2.24, 2.45) is 17.8 Å². The first-order valence-electron chi connectivity index (χ1n) is 4.25. The van der Waals surface area contributed by atoms with Gasteiger partial charge in [-0.2, -0.15) is 0 Å². The van der Waals surface area contributed by atoms with E-state index in [-0.39, 0.29) is 37.6 Å². The van der Waals surface area contributed by atoms with Crippen molar-refractivity contribution in [3.63, 3.8) is 0 Å². The molecule has 0 bridgehead atoms. The number of hydrogen-bond donors (Lipinski definition) is 4. The lowest BCUT2D eigenvalue weighted by atomic mass is 9.91. The van der Waals surface area contributed by atoms with Crippen molar-refractivity contribution >= 4 is 0 Å². The van der Waals surface area contributed by atoms with Crippen LogP contribution in [-0.4, -0.2) is 46.4 Å². The first-order chi connectivity index (χ1) is 5.74. The molecule has 0 aliphatic heterocycles. The van der Waals surface area contributed by atoms with Gasteiger partial charge in [0.1, 0.15) is 0 Å². The summed E-state index contributed by atoms with van der Waals surface area (Å²) >= 11 is 0. The molecule has 4 unspecified atom stereocenters. The van der Waals surface area contributed by atoms with Gasteiger partial charge in [-0.25, -0.2) is 0 Å². The fourth-order valence-corrected chi connectivity index (χ4v) is 2.05. The number of aliphatic hydroxyl groups is 4. The third-order valence-corrected chi connectivity index (χ3v) is 2.85. The van der Waals surface area contributed by atoms with E-state index in [1.165, 1.54) is 0 Å². The first-order valence-corrected chi connectivity index (χ1v) is 4.25. The molecule has 0 heterocycles. The standard InChI is InChI=1S/C8H16O4/c9-2-5-1-8(12)7(4-11)6(5)3-10/h5-12H,1-4H2. The predicted octanol–water partition coefficient (Wildman–Crippen LogP) is -1.42. The van der Waals surface area contributed by atoms with Gasteiger partial charge in [-0.3, -0.25) is 0 Å². The molecule has 0 radical (unpaired) electrons. The maximum absolute atomic E-state index is 9.41. The highest BCUT2D eigenvalue weighted by Crippen LogP contribution is 2.36. The summed E-state index contributed by atoms with van der Waals surface area (Å²) in [6.45, 7) is -0.227. The summed E-state index contributed by atoms with van der Waals surface area (Å²) in [5.41, 5.74) is 0. The molecule has 1 rings (SSSR count). The SMILES string of the molecule is OCC1CC(O)C(CO)C1CO. The number of rotatable bonds is 3. The topological polar surface area (TPSA) is 80.9 Å². The van der Waals surface area contributed by atoms with Gasteiger partial charge in [0.25, 0.3) is 0 Å². The monoisotopic (exact) mass is 176 g/mol. The normalized spacial score (nSPS) is 42.0. The lowest BCUT2D eigenvalue weighted by Gasteiger charge is -2.20. The zero-order valence-electron chi connectivity index (χ0n) is 6.93. The highest BCUT2D eigenvalue weighted by atomic mass is 16.3. The molecule has 1 fully saturated rings.